The zero-order chi connectivity index (χ0) is 41.1. The molecule has 0 aromatic rings. The van der Waals surface area contributed by atoms with Gasteiger partial charge in [0.15, 0.2) is 6.10 Å². The number of rotatable bonds is 43. The average molecular weight is 811 g/mol. The summed E-state index contributed by atoms with van der Waals surface area (Å²) in [6, 6.07) is 0. The number of hydrogen-bond donors (Lipinski definition) is 2. The molecule has 0 spiro atoms. The number of carbonyl (C=O) groups excluding carboxylic acids is 2. The van der Waals surface area contributed by atoms with Crippen molar-refractivity contribution >= 4 is 19.8 Å². The lowest BCUT2D eigenvalue weighted by molar-refractivity contribution is -0.161. The van der Waals surface area contributed by atoms with Gasteiger partial charge in [-0.05, 0) is 44.9 Å². The highest BCUT2D eigenvalue weighted by molar-refractivity contribution is 7.46. The standard InChI is InChI=1S/C47H87O8P/c1-3-5-7-9-11-13-15-17-19-20-21-22-23-24-25-26-28-29-31-33-35-37-39-41-46(48)53-43-45(44-54-56(50,51)52)55-47(49)42-40-38-36-34-32-30-27-18-16-14-12-10-8-6-4-2/h6,8,12,14,18,27,45H,3-5,7,9-11,13,15-17,19-26,28-44H2,1-2H3,(H2,50,51,52)/b8-6+,14-12+,27-18+/t45-/m1/s1. The molecule has 8 nitrogen and oxygen atoms in total. The first-order valence-corrected chi connectivity index (χ1v) is 24.8. The highest BCUT2D eigenvalue weighted by Gasteiger charge is 2.23. The van der Waals surface area contributed by atoms with Crippen molar-refractivity contribution in [3.05, 3.63) is 36.5 Å². The fourth-order valence-electron chi connectivity index (χ4n) is 6.74. The zero-order valence-electron chi connectivity index (χ0n) is 36.3. The lowest BCUT2D eigenvalue weighted by atomic mass is 10.0. The summed E-state index contributed by atoms with van der Waals surface area (Å²) < 4.78 is 26.4. The molecule has 9 heteroatoms. The minimum absolute atomic E-state index is 0.194. The van der Waals surface area contributed by atoms with Crippen LogP contribution in [-0.4, -0.2) is 41.0 Å². The fraction of sp³-hybridized carbons (Fsp3) is 0.830. The molecular formula is C47H87O8P. The van der Waals surface area contributed by atoms with Gasteiger partial charge in [-0.3, -0.25) is 14.1 Å². The lowest BCUT2D eigenvalue weighted by Crippen LogP contribution is -2.29. The Morgan fingerprint density at radius 3 is 1.29 bits per heavy atom. The minimum atomic E-state index is -4.76. The Bertz CT molecular complexity index is 1000. The summed E-state index contributed by atoms with van der Waals surface area (Å²) >= 11 is 0. The first-order chi connectivity index (χ1) is 27.3. The predicted molar refractivity (Wildman–Crippen MR) is 235 cm³/mol. The van der Waals surface area contributed by atoms with Crippen LogP contribution in [0.25, 0.3) is 0 Å². The molecule has 0 aromatic heterocycles. The molecule has 0 rings (SSSR count). The van der Waals surface area contributed by atoms with Crippen LogP contribution in [0.3, 0.4) is 0 Å². The van der Waals surface area contributed by atoms with Crippen LogP contribution in [0.2, 0.25) is 0 Å². The second-order valence-electron chi connectivity index (χ2n) is 15.7. The van der Waals surface area contributed by atoms with Gasteiger partial charge < -0.3 is 19.3 Å². The molecule has 0 radical (unpaired) electrons. The first-order valence-electron chi connectivity index (χ1n) is 23.3. The molecule has 0 fully saturated rings. The Labute approximate surface area is 344 Å². The van der Waals surface area contributed by atoms with Crippen molar-refractivity contribution in [2.24, 2.45) is 0 Å². The van der Waals surface area contributed by atoms with Gasteiger partial charge in [0.25, 0.3) is 0 Å². The summed E-state index contributed by atoms with van der Waals surface area (Å²) in [6.45, 7) is 3.59. The molecule has 328 valence electrons. The third-order valence-corrected chi connectivity index (χ3v) is 10.7. The topological polar surface area (TPSA) is 119 Å². The van der Waals surface area contributed by atoms with Crippen LogP contribution in [0.15, 0.2) is 36.5 Å². The Balaban J connectivity index is 3.81. The van der Waals surface area contributed by atoms with Crippen LogP contribution >= 0.6 is 7.82 Å². The van der Waals surface area contributed by atoms with Gasteiger partial charge in [-0.2, -0.15) is 0 Å². The highest BCUT2D eigenvalue weighted by Crippen LogP contribution is 2.36. The van der Waals surface area contributed by atoms with E-state index in [4.69, 9.17) is 19.3 Å². The SMILES string of the molecule is CC/C=C/C/C=C/C/C=C/CCCCCCCC(=O)O[C@H](COC(=O)CCCCCCCCCCCCCCCCCCCCCCCCC)COP(=O)(O)O. The van der Waals surface area contributed by atoms with Crippen LogP contribution < -0.4 is 0 Å². The fourth-order valence-corrected chi connectivity index (χ4v) is 7.10. The Kier molecular flexibility index (Phi) is 41.5. The Morgan fingerprint density at radius 1 is 0.482 bits per heavy atom. The van der Waals surface area contributed by atoms with Gasteiger partial charge >= 0.3 is 19.8 Å². The van der Waals surface area contributed by atoms with Crippen LogP contribution in [0, 0.1) is 0 Å². The molecule has 0 aliphatic carbocycles. The summed E-state index contributed by atoms with van der Waals surface area (Å²) in [5.41, 5.74) is 0. The average Bonchev–Trinajstić information content (AvgIpc) is 3.17. The summed E-state index contributed by atoms with van der Waals surface area (Å²) in [4.78, 5) is 42.9. The van der Waals surface area contributed by atoms with Crippen LogP contribution in [0.5, 0.6) is 0 Å². The van der Waals surface area contributed by atoms with E-state index >= 15 is 0 Å². The highest BCUT2D eigenvalue weighted by atomic mass is 31.2. The van der Waals surface area contributed by atoms with E-state index < -0.39 is 32.5 Å². The van der Waals surface area contributed by atoms with Gasteiger partial charge in [-0.1, -0.05) is 211 Å². The number of carbonyl (C=O) groups is 2. The van der Waals surface area contributed by atoms with E-state index in [0.717, 1.165) is 70.6 Å². The molecule has 0 aromatic carbocycles. The van der Waals surface area contributed by atoms with Crippen LogP contribution in [0.1, 0.15) is 232 Å². The smallest absolute Gasteiger partial charge is 0.462 e. The number of esters is 2. The van der Waals surface area contributed by atoms with E-state index in [-0.39, 0.29) is 19.4 Å². The number of phosphoric ester groups is 1. The van der Waals surface area contributed by atoms with Crippen molar-refractivity contribution in [2.45, 2.75) is 238 Å². The maximum absolute atomic E-state index is 12.4. The molecule has 1 atom stereocenters. The zero-order valence-corrected chi connectivity index (χ0v) is 37.2. The summed E-state index contributed by atoms with van der Waals surface area (Å²) in [5, 5.41) is 0. The molecule has 0 heterocycles. The van der Waals surface area contributed by atoms with Crippen molar-refractivity contribution < 1.29 is 37.9 Å². The monoisotopic (exact) mass is 811 g/mol. The van der Waals surface area contributed by atoms with Crippen molar-refractivity contribution in [3.63, 3.8) is 0 Å². The van der Waals surface area contributed by atoms with Gasteiger partial charge in [-0.15, -0.1) is 0 Å². The molecule has 0 amide bonds. The van der Waals surface area contributed by atoms with Crippen molar-refractivity contribution in [2.75, 3.05) is 13.2 Å². The molecule has 0 aliphatic rings. The minimum Gasteiger partial charge on any atom is -0.462 e. The largest absolute Gasteiger partial charge is 0.469 e. The van der Waals surface area contributed by atoms with E-state index in [1.807, 2.05) is 0 Å². The number of unbranched alkanes of at least 4 members (excludes halogenated alkanes) is 27. The molecule has 0 unspecified atom stereocenters. The number of hydrogen-bond acceptors (Lipinski definition) is 6. The molecule has 0 saturated heterocycles. The number of ether oxygens (including phenoxy) is 2. The van der Waals surface area contributed by atoms with Crippen LogP contribution in [-0.2, 0) is 28.2 Å². The van der Waals surface area contributed by atoms with Crippen molar-refractivity contribution in [3.8, 4) is 0 Å². The summed E-state index contributed by atoms with van der Waals surface area (Å²) in [6.07, 6.45) is 51.7. The third-order valence-electron chi connectivity index (χ3n) is 10.2. The quantitative estimate of drug-likeness (QED) is 0.0270. The Morgan fingerprint density at radius 2 is 0.857 bits per heavy atom. The number of phosphoric acid groups is 1. The van der Waals surface area contributed by atoms with Gasteiger partial charge in [0.1, 0.15) is 6.61 Å². The molecule has 56 heavy (non-hydrogen) atoms. The second kappa shape index (κ2) is 42.9. The maximum Gasteiger partial charge on any atom is 0.469 e. The Hall–Kier alpha value is -1.73. The molecular weight excluding hydrogens is 723 g/mol. The van der Waals surface area contributed by atoms with E-state index in [9.17, 15) is 14.2 Å². The number of allylic oxidation sites excluding steroid dienone is 6. The third kappa shape index (κ3) is 45.0. The van der Waals surface area contributed by atoms with Gasteiger partial charge in [0.2, 0.25) is 0 Å². The van der Waals surface area contributed by atoms with E-state index in [1.54, 1.807) is 0 Å². The van der Waals surface area contributed by atoms with Gasteiger partial charge in [0, 0.05) is 12.8 Å². The molecule has 0 aliphatic heterocycles. The van der Waals surface area contributed by atoms with Crippen LogP contribution in [0.4, 0.5) is 0 Å². The maximum atomic E-state index is 12.4. The predicted octanol–water partition coefficient (Wildman–Crippen LogP) is 14.5. The van der Waals surface area contributed by atoms with Gasteiger partial charge in [-0.25, -0.2) is 4.57 Å². The van der Waals surface area contributed by atoms with Gasteiger partial charge in [0.05, 0.1) is 6.61 Å². The van der Waals surface area contributed by atoms with Crippen molar-refractivity contribution in [1.82, 2.24) is 0 Å². The second-order valence-corrected chi connectivity index (χ2v) is 16.9. The summed E-state index contributed by atoms with van der Waals surface area (Å²) in [5.74, 6) is -0.895. The lowest BCUT2D eigenvalue weighted by Gasteiger charge is -2.18. The molecule has 0 bridgehead atoms. The molecule has 2 N–H and O–H groups in total. The van der Waals surface area contributed by atoms with Crippen molar-refractivity contribution in [1.29, 1.82) is 0 Å². The first kappa shape index (κ1) is 54.3. The van der Waals surface area contributed by atoms with E-state index in [2.05, 4.69) is 54.8 Å². The summed E-state index contributed by atoms with van der Waals surface area (Å²) in [7, 11) is -4.76. The van der Waals surface area contributed by atoms with E-state index in [0.29, 0.717) is 6.42 Å². The molecule has 0 saturated carbocycles. The van der Waals surface area contributed by atoms with E-state index in [1.165, 1.54) is 128 Å². The normalized spacial score (nSPS) is 12.7.